The van der Waals surface area contributed by atoms with Crippen molar-refractivity contribution in [3.8, 4) is 0 Å². The SMILES string of the molecule is CC1CCCCN1C(=O)c1ccc(NC(=O)N(C)CCc2ccccn2)cc1. The summed E-state index contributed by atoms with van der Waals surface area (Å²) < 4.78 is 0. The maximum atomic E-state index is 12.7. The number of nitrogens with one attached hydrogen (secondary N) is 1. The lowest BCUT2D eigenvalue weighted by molar-refractivity contribution is 0.0635. The van der Waals surface area contributed by atoms with Crippen LogP contribution in [0.5, 0.6) is 0 Å². The lowest BCUT2D eigenvalue weighted by Crippen LogP contribution is -2.42. The van der Waals surface area contributed by atoms with E-state index in [1.54, 1.807) is 42.4 Å². The quantitative estimate of drug-likeness (QED) is 0.858. The van der Waals surface area contributed by atoms with Gasteiger partial charge in [0, 0.05) is 55.7 Å². The lowest BCUT2D eigenvalue weighted by atomic mass is 10.0. The number of likely N-dealkylation sites (tertiary alicyclic amines) is 1. The van der Waals surface area contributed by atoms with Gasteiger partial charge in [-0.05, 0) is 62.6 Å². The van der Waals surface area contributed by atoms with Crippen LogP contribution in [0, 0.1) is 0 Å². The van der Waals surface area contributed by atoms with Crippen LogP contribution in [0.1, 0.15) is 42.2 Å². The summed E-state index contributed by atoms with van der Waals surface area (Å²) in [6.45, 7) is 3.50. The molecule has 0 radical (unpaired) electrons. The molecule has 6 heteroatoms. The van der Waals surface area contributed by atoms with E-state index in [9.17, 15) is 9.59 Å². The van der Waals surface area contributed by atoms with Crippen molar-refractivity contribution < 1.29 is 9.59 Å². The molecule has 3 amide bonds. The van der Waals surface area contributed by atoms with Crippen LogP contribution in [0.4, 0.5) is 10.5 Å². The molecule has 148 valence electrons. The zero-order valence-electron chi connectivity index (χ0n) is 16.6. The van der Waals surface area contributed by atoms with E-state index in [1.165, 1.54) is 6.42 Å². The van der Waals surface area contributed by atoms with E-state index in [2.05, 4.69) is 17.2 Å². The minimum atomic E-state index is -0.181. The van der Waals surface area contributed by atoms with Crippen LogP contribution in [-0.2, 0) is 6.42 Å². The average Bonchev–Trinajstić information content (AvgIpc) is 2.73. The van der Waals surface area contributed by atoms with Crippen LogP contribution in [-0.4, -0.2) is 52.9 Å². The molecule has 1 aliphatic heterocycles. The van der Waals surface area contributed by atoms with Crippen LogP contribution in [0.2, 0.25) is 0 Å². The Bertz CT molecular complexity index is 792. The second-order valence-electron chi connectivity index (χ2n) is 7.34. The van der Waals surface area contributed by atoms with Gasteiger partial charge in [0.25, 0.3) is 5.91 Å². The summed E-state index contributed by atoms with van der Waals surface area (Å²) in [5.74, 6) is 0.0672. The molecule has 2 aromatic rings. The second kappa shape index (κ2) is 9.35. The predicted molar refractivity (Wildman–Crippen MR) is 110 cm³/mol. The standard InChI is InChI=1S/C22H28N4O2/c1-17-7-4-6-15-26(17)21(27)18-9-11-20(12-10-18)24-22(28)25(2)16-13-19-8-3-5-14-23-19/h3,5,8-12,14,17H,4,6-7,13,15-16H2,1-2H3,(H,24,28). The molecule has 1 aliphatic rings. The number of carbonyl (C=O) groups excluding carboxylic acids is 2. The number of hydrogen-bond acceptors (Lipinski definition) is 3. The van der Waals surface area contributed by atoms with E-state index in [0.29, 0.717) is 24.2 Å². The molecule has 0 bridgehead atoms. The second-order valence-corrected chi connectivity index (χ2v) is 7.34. The fraction of sp³-hybridized carbons (Fsp3) is 0.409. The lowest BCUT2D eigenvalue weighted by Gasteiger charge is -2.33. The summed E-state index contributed by atoms with van der Waals surface area (Å²) in [7, 11) is 1.76. The number of nitrogens with zero attached hydrogens (tertiary/aromatic N) is 3. The number of amides is 3. The Morgan fingerprint density at radius 2 is 1.96 bits per heavy atom. The van der Waals surface area contributed by atoms with E-state index in [4.69, 9.17) is 0 Å². The van der Waals surface area contributed by atoms with Crippen molar-refractivity contribution in [2.24, 2.45) is 0 Å². The number of rotatable bonds is 5. The van der Waals surface area contributed by atoms with E-state index in [1.807, 2.05) is 23.1 Å². The Labute approximate surface area is 166 Å². The molecule has 1 atom stereocenters. The van der Waals surface area contributed by atoms with E-state index in [0.717, 1.165) is 25.1 Å². The van der Waals surface area contributed by atoms with Gasteiger partial charge >= 0.3 is 6.03 Å². The van der Waals surface area contributed by atoms with Crippen molar-refractivity contribution in [1.29, 1.82) is 0 Å². The third-order valence-corrected chi connectivity index (χ3v) is 5.22. The molecular weight excluding hydrogens is 352 g/mol. The highest BCUT2D eigenvalue weighted by molar-refractivity contribution is 5.95. The van der Waals surface area contributed by atoms with Crippen LogP contribution < -0.4 is 5.32 Å². The maximum Gasteiger partial charge on any atom is 0.321 e. The van der Waals surface area contributed by atoms with Crippen molar-refractivity contribution in [1.82, 2.24) is 14.8 Å². The van der Waals surface area contributed by atoms with E-state index in [-0.39, 0.29) is 18.0 Å². The van der Waals surface area contributed by atoms with Gasteiger partial charge in [-0.2, -0.15) is 0 Å². The van der Waals surface area contributed by atoms with E-state index < -0.39 is 0 Å². The number of benzene rings is 1. The number of hydrogen-bond donors (Lipinski definition) is 1. The number of pyridine rings is 1. The zero-order valence-corrected chi connectivity index (χ0v) is 16.6. The third-order valence-electron chi connectivity index (χ3n) is 5.22. The number of carbonyl (C=O) groups is 2. The number of aromatic nitrogens is 1. The molecule has 1 fully saturated rings. The number of anilines is 1. The van der Waals surface area contributed by atoms with Gasteiger partial charge in [0.2, 0.25) is 0 Å². The van der Waals surface area contributed by atoms with Crippen molar-refractivity contribution in [3.63, 3.8) is 0 Å². The van der Waals surface area contributed by atoms with Gasteiger partial charge in [0.05, 0.1) is 0 Å². The highest BCUT2D eigenvalue weighted by atomic mass is 16.2. The molecule has 1 aromatic heterocycles. The molecule has 0 aliphatic carbocycles. The first kappa shape index (κ1) is 19.9. The largest absolute Gasteiger partial charge is 0.336 e. The van der Waals surface area contributed by atoms with Crippen LogP contribution >= 0.6 is 0 Å². The van der Waals surface area contributed by atoms with Crippen LogP contribution in [0.15, 0.2) is 48.7 Å². The normalized spacial score (nSPS) is 16.5. The van der Waals surface area contributed by atoms with Crippen LogP contribution in [0.25, 0.3) is 0 Å². The molecular formula is C22H28N4O2. The van der Waals surface area contributed by atoms with E-state index >= 15 is 0 Å². The van der Waals surface area contributed by atoms with Gasteiger partial charge in [0.1, 0.15) is 0 Å². The maximum absolute atomic E-state index is 12.7. The van der Waals surface area contributed by atoms with Gasteiger partial charge in [-0.3, -0.25) is 9.78 Å². The highest BCUT2D eigenvalue weighted by Crippen LogP contribution is 2.20. The molecule has 1 aromatic carbocycles. The van der Waals surface area contributed by atoms with Crippen molar-refractivity contribution in [2.75, 3.05) is 25.5 Å². The van der Waals surface area contributed by atoms with Gasteiger partial charge in [-0.15, -0.1) is 0 Å². The Balaban J connectivity index is 1.53. The minimum absolute atomic E-state index is 0.0672. The molecule has 1 saturated heterocycles. The Hall–Kier alpha value is -2.89. The number of urea groups is 1. The topological polar surface area (TPSA) is 65.5 Å². The Morgan fingerprint density at radius 1 is 1.18 bits per heavy atom. The molecule has 0 saturated carbocycles. The fourth-order valence-corrected chi connectivity index (χ4v) is 3.41. The summed E-state index contributed by atoms with van der Waals surface area (Å²) in [4.78, 5) is 32.9. The molecule has 1 N–H and O–H groups in total. The Morgan fingerprint density at radius 3 is 2.64 bits per heavy atom. The molecule has 3 rings (SSSR count). The smallest absolute Gasteiger partial charge is 0.321 e. The summed E-state index contributed by atoms with van der Waals surface area (Å²) in [5, 5.41) is 2.87. The van der Waals surface area contributed by atoms with Crippen molar-refractivity contribution in [3.05, 3.63) is 59.9 Å². The molecule has 6 nitrogen and oxygen atoms in total. The fourth-order valence-electron chi connectivity index (χ4n) is 3.41. The van der Waals surface area contributed by atoms with Crippen molar-refractivity contribution in [2.45, 2.75) is 38.6 Å². The minimum Gasteiger partial charge on any atom is -0.336 e. The molecule has 28 heavy (non-hydrogen) atoms. The van der Waals surface area contributed by atoms with Gasteiger partial charge in [-0.1, -0.05) is 6.07 Å². The average molecular weight is 380 g/mol. The zero-order chi connectivity index (χ0) is 19.9. The first-order valence-corrected chi connectivity index (χ1v) is 9.87. The Kier molecular flexibility index (Phi) is 6.63. The first-order valence-electron chi connectivity index (χ1n) is 9.87. The number of likely N-dealkylation sites (N-methyl/N-ethyl adjacent to an activating group) is 1. The highest BCUT2D eigenvalue weighted by Gasteiger charge is 2.24. The third kappa shape index (κ3) is 5.09. The summed E-state index contributed by atoms with van der Waals surface area (Å²) in [6.07, 6.45) is 5.76. The van der Waals surface area contributed by atoms with Gasteiger partial charge in [-0.25, -0.2) is 4.79 Å². The van der Waals surface area contributed by atoms with Crippen molar-refractivity contribution >= 4 is 17.6 Å². The molecule has 0 spiro atoms. The van der Waals surface area contributed by atoms with Gasteiger partial charge < -0.3 is 15.1 Å². The monoisotopic (exact) mass is 380 g/mol. The molecule has 2 heterocycles. The number of piperidine rings is 1. The van der Waals surface area contributed by atoms with Crippen LogP contribution in [0.3, 0.4) is 0 Å². The van der Waals surface area contributed by atoms with Gasteiger partial charge in [0.15, 0.2) is 0 Å². The first-order chi connectivity index (χ1) is 13.5. The predicted octanol–water partition coefficient (Wildman–Crippen LogP) is 3.80. The molecule has 1 unspecified atom stereocenters. The summed E-state index contributed by atoms with van der Waals surface area (Å²) in [6, 6.07) is 13.0. The summed E-state index contributed by atoms with van der Waals surface area (Å²) in [5.41, 5.74) is 2.30. The summed E-state index contributed by atoms with van der Waals surface area (Å²) >= 11 is 0.